The molecule has 2 unspecified atom stereocenters. The summed E-state index contributed by atoms with van der Waals surface area (Å²) in [6.45, 7) is 2.78. The molecule has 3 aromatic rings. The van der Waals surface area contributed by atoms with E-state index in [1.54, 1.807) is 0 Å². The van der Waals surface area contributed by atoms with E-state index in [0.29, 0.717) is 13.2 Å². The molecule has 0 amide bonds. The second-order valence-electron chi connectivity index (χ2n) is 6.81. The van der Waals surface area contributed by atoms with Crippen LogP contribution in [0.25, 0.3) is 16.9 Å². The quantitative estimate of drug-likeness (QED) is 0.495. The van der Waals surface area contributed by atoms with Gasteiger partial charge in [-0.1, -0.05) is 0 Å². The molecule has 144 valence electrons. The smallest absolute Gasteiger partial charge is 0.120 e. The van der Waals surface area contributed by atoms with E-state index in [9.17, 15) is 0 Å². The van der Waals surface area contributed by atoms with Crippen LogP contribution in [0.3, 0.4) is 0 Å². The first-order chi connectivity index (χ1) is 13.7. The summed E-state index contributed by atoms with van der Waals surface area (Å²) in [7, 11) is 0. The van der Waals surface area contributed by atoms with Crippen molar-refractivity contribution >= 4 is 15.9 Å². The lowest BCUT2D eigenvalue weighted by Crippen LogP contribution is -2.04. The van der Waals surface area contributed by atoms with E-state index in [-0.39, 0.29) is 12.2 Å². The van der Waals surface area contributed by atoms with Crippen LogP contribution in [0, 0.1) is 0 Å². The Balaban J connectivity index is 1.28. The highest BCUT2D eigenvalue weighted by molar-refractivity contribution is 9.10. The Bertz CT molecular complexity index is 965. The van der Waals surface area contributed by atoms with Crippen LogP contribution >= 0.6 is 15.9 Å². The van der Waals surface area contributed by atoms with Gasteiger partial charge in [-0.05, 0) is 64.5 Å². The largest absolute Gasteiger partial charge is 0.491 e. The molecule has 0 bridgehead atoms. The molecule has 5 rings (SSSR count). The van der Waals surface area contributed by atoms with Crippen LogP contribution in [0.1, 0.15) is 0 Å². The van der Waals surface area contributed by atoms with Crippen molar-refractivity contribution in [1.82, 2.24) is 9.78 Å². The van der Waals surface area contributed by atoms with Gasteiger partial charge in [0, 0.05) is 16.2 Å². The van der Waals surface area contributed by atoms with Crippen molar-refractivity contribution in [3.05, 3.63) is 59.2 Å². The number of ether oxygens (including phenoxy) is 4. The first kappa shape index (κ1) is 17.7. The standard InChI is InChI=1S/C21H19BrN2O4/c22-20-9-16(26-11-18-13-28-18)5-6-19(20)21-7-8-24(23-21)14-1-3-15(4-2-14)25-10-17-12-27-17/h1-9,17-18H,10-13H2. The summed E-state index contributed by atoms with van der Waals surface area (Å²) in [6.07, 6.45) is 2.45. The zero-order chi connectivity index (χ0) is 18.9. The highest BCUT2D eigenvalue weighted by Gasteiger charge is 2.23. The van der Waals surface area contributed by atoms with Crippen LogP contribution in [0.15, 0.2) is 59.2 Å². The lowest BCUT2D eigenvalue weighted by molar-refractivity contribution is 0.263. The number of epoxide rings is 2. The van der Waals surface area contributed by atoms with E-state index in [4.69, 9.17) is 24.0 Å². The van der Waals surface area contributed by atoms with Gasteiger partial charge in [0.2, 0.25) is 0 Å². The number of hydrogen-bond acceptors (Lipinski definition) is 5. The number of nitrogens with zero attached hydrogens (tertiary/aromatic N) is 2. The molecular weight excluding hydrogens is 424 g/mol. The lowest BCUT2D eigenvalue weighted by Gasteiger charge is -2.08. The maximum absolute atomic E-state index is 5.73. The molecule has 0 saturated carbocycles. The molecule has 2 aliphatic heterocycles. The van der Waals surface area contributed by atoms with Crippen molar-refractivity contribution < 1.29 is 18.9 Å². The van der Waals surface area contributed by atoms with Crippen molar-refractivity contribution in [1.29, 1.82) is 0 Å². The van der Waals surface area contributed by atoms with Crippen LogP contribution in [0.5, 0.6) is 11.5 Å². The number of halogens is 1. The summed E-state index contributed by atoms with van der Waals surface area (Å²) in [4.78, 5) is 0. The molecule has 2 saturated heterocycles. The molecule has 2 aromatic carbocycles. The summed E-state index contributed by atoms with van der Waals surface area (Å²) < 4.78 is 24.5. The number of aromatic nitrogens is 2. The van der Waals surface area contributed by atoms with Gasteiger partial charge in [-0.15, -0.1) is 0 Å². The molecule has 7 heteroatoms. The van der Waals surface area contributed by atoms with E-state index in [2.05, 4.69) is 15.9 Å². The Kier molecular flexibility index (Phi) is 4.80. The van der Waals surface area contributed by atoms with Crippen LogP contribution in [-0.2, 0) is 9.47 Å². The normalized spacial score (nSPS) is 20.0. The van der Waals surface area contributed by atoms with Gasteiger partial charge in [-0.25, -0.2) is 4.68 Å². The van der Waals surface area contributed by atoms with Crippen molar-refractivity contribution in [2.24, 2.45) is 0 Å². The Labute approximate surface area is 171 Å². The lowest BCUT2D eigenvalue weighted by atomic mass is 10.1. The van der Waals surface area contributed by atoms with E-state index in [1.165, 1.54) is 0 Å². The van der Waals surface area contributed by atoms with Crippen molar-refractivity contribution in [3.63, 3.8) is 0 Å². The van der Waals surface area contributed by atoms with Gasteiger partial charge < -0.3 is 18.9 Å². The fourth-order valence-electron chi connectivity index (χ4n) is 2.81. The maximum atomic E-state index is 5.73. The minimum Gasteiger partial charge on any atom is -0.491 e. The van der Waals surface area contributed by atoms with Crippen LogP contribution in [-0.4, -0.2) is 48.4 Å². The average Bonchev–Trinajstić information content (AvgIpc) is 3.65. The fourth-order valence-corrected chi connectivity index (χ4v) is 3.37. The van der Waals surface area contributed by atoms with Crippen LogP contribution in [0.4, 0.5) is 0 Å². The third-order valence-corrected chi connectivity index (χ3v) is 5.24. The van der Waals surface area contributed by atoms with Gasteiger partial charge in [-0.2, -0.15) is 5.10 Å². The molecule has 3 heterocycles. The third kappa shape index (κ3) is 4.22. The summed E-state index contributed by atoms with van der Waals surface area (Å²) >= 11 is 3.63. The van der Waals surface area contributed by atoms with Crippen molar-refractivity contribution in [3.8, 4) is 28.4 Å². The van der Waals surface area contributed by atoms with Crippen molar-refractivity contribution in [2.75, 3.05) is 26.4 Å². The fraction of sp³-hybridized carbons (Fsp3) is 0.286. The monoisotopic (exact) mass is 442 g/mol. The molecule has 0 radical (unpaired) electrons. The molecule has 6 nitrogen and oxygen atoms in total. The minimum absolute atomic E-state index is 0.243. The SMILES string of the molecule is Brc1cc(OCC2CO2)ccc1-c1ccn(-c2ccc(OCC3CO3)cc2)n1. The summed E-state index contributed by atoms with van der Waals surface area (Å²) in [5.74, 6) is 1.65. The van der Waals surface area contributed by atoms with Gasteiger partial charge in [0.25, 0.3) is 0 Å². The van der Waals surface area contributed by atoms with E-state index >= 15 is 0 Å². The van der Waals surface area contributed by atoms with Gasteiger partial charge in [0.15, 0.2) is 0 Å². The van der Waals surface area contributed by atoms with Gasteiger partial charge >= 0.3 is 0 Å². The highest BCUT2D eigenvalue weighted by Crippen LogP contribution is 2.31. The Morgan fingerprint density at radius 3 is 2.21 bits per heavy atom. The molecule has 1 aromatic heterocycles. The number of benzene rings is 2. The zero-order valence-corrected chi connectivity index (χ0v) is 16.7. The summed E-state index contributed by atoms with van der Waals surface area (Å²) in [6, 6.07) is 15.8. The second kappa shape index (κ2) is 7.58. The van der Waals surface area contributed by atoms with E-state index in [0.717, 1.165) is 46.1 Å². The topological polar surface area (TPSA) is 61.3 Å². The molecular formula is C21H19BrN2O4. The Morgan fingerprint density at radius 1 is 0.929 bits per heavy atom. The van der Waals surface area contributed by atoms with Crippen molar-refractivity contribution in [2.45, 2.75) is 12.2 Å². The second-order valence-corrected chi connectivity index (χ2v) is 7.67. The third-order valence-electron chi connectivity index (χ3n) is 4.58. The Morgan fingerprint density at radius 2 is 1.57 bits per heavy atom. The van der Waals surface area contributed by atoms with Crippen LogP contribution < -0.4 is 9.47 Å². The molecule has 2 aliphatic rings. The molecule has 28 heavy (non-hydrogen) atoms. The summed E-state index contributed by atoms with van der Waals surface area (Å²) in [5.41, 5.74) is 2.87. The molecule has 2 fully saturated rings. The maximum Gasteiger partial charge on any atom is 0.120 e. The van der Waals surface area contributed by atoms with E-state index in [1.807, 2.05) is 59.4 Å². The number of rotatable bonds is 8. The predicted molar refractivity (Wildman–Crippen MR) is 107 cm³/mol. The van der Waals surface area contributed by atoms with Gasteiger partial charge in [0.05, 0.1) is 24.6 Å². The van der Waals surface area contributed by atoms with Gasteiger partial charge in [0.1, 0.15) is 36.9 Å². The molecule has 0 aliphatic carbocycles. The highest BCUT2D eigenvalue weighted by atomic mass is 79.9. The first-order valence-electron chi connectivity index (χ1n) is 9.19. The number of hydrogen-bond donors (Lipinski definition) is 0. The average molecular weight is 443 g/mol. The zero-order valence-electron chi connectivity index (χ0n) is 15.1. The molecule has 2 atom stereocenters. The Hall–Kier alpha value is -2.35. The van der Waals surface area contributed by atoms with Crippen LogP contribution in [0.2, 0.25) is 0 Å². The predicted octanol–water partition coefficient (Wildman–Crippen LogP) is 3.86. The van der Waals surface area contributed by atoms with Gasteiger partial charge in [-0.3, -0.25) is 0 Å². The van der Waals surface area contributed by atoms with E-state index < -0.39 is 0 Å². The summed E-state index contributed by atoms with van der Waals surface area (Å²) in [5, 5.41) is 4.70. The minimum atomic E-state index is 0.243. The molecule has 0 spiro atoms. The first-order valence-corrected chi connectivity index (χ1v) is 9.99. The molecule has 0 N–H and O–H groups in total.